The number of aryl methyl sites for hydroxylation is 2. The number of hydrogen-bond donors (Lipinski definition) is 1. The van der Waals surface area contributed by atoms with Crippen molar-refractivity contribution in [2.45, 2.75) is 33.1 Å². The largest absolute Gasteiger partial charge is 0.477 e. The SMILES string of the molecule is Cc1nc2c(C)cc(N3CCCCC3)cn2c1C(=O)O. The van der Waals surface area contributed by atoms with Gasteiger partial charge in [-0.15, -0.1) is 0 Å². The minimum absolute atomic E-state index is 0.266. The zero-order chi connectivity index (χ0) is 14.3. The highest BCUT2D eigenvalue weighted by Gasteiger charge is 2.19. The Morgan fingerprint density at radius 2 is 1.95 bits per heavy atom. The third-order valence-electron chi connectivity index (χ3n) is 3.99. The molecule has 3 heterocycles. The van der Waals surface area contributed by atoms with E-state index in [-0.39, 0.29) is 5.69 Å². The lowest BCUT2D eigenvalue weighted by Gasteiger charge is -2.29. The minimum atomic E-state index is -0.926. The zero-order valence-corrected chi connectivity index (χ0v) is 11.9. The number of piperidine rings is 1. The van der Waals surface area contributed by atoms with Crippen LogP contribution in [0.25, 0.3) is 5.65 Å². The second-order valence-corrected chi connectivity index (χ2v) is 5.47. The number of imidazole rings is 1. The molecule has 0 radical (unpaired) electrons. The number of aromatic carboxylic acids is 1. The van der Waals surface area contributed by atoms with Crippen LogP contribution in [0, 0.1) is 13.8 Å². The van der Waals surface area contributed by atoms with Crippen LogP contribution < -0.4 is 4.90 Å². The lowest BCUT2D eigenvalue weighted by Crippen LogP contribution is -2.29. The summed E-state index contributed by atoms with van der Waals surface area (Å²) in [5.41, 5.74) is 3.68. The molecule has 2 aromatic rings. The maximum absolute atomic E-state index is 11.4. The first kappa shape index (κ1) is 13.0. The highest BCUT2D eigenvalue weighted by molar-refractivity contribution is 5.88. The van der Waals surface area contributed by atoms with Crippen molar-refractivity contribution < 1.29 is 9.90 Å². The van der Waals surface area contributed by atoms with Crippen LogP contribution in [0.3, 0.4) is 0 Å². The quantitative estimate of drug-likeness (QED) is 0.914. The summed E-state index contributed by atoms with van der Waals surface area (Å²) in [4.78, 5) is 18.1. The van der Waals surface area contributed by atoms with Crippen molar-refractivity contribution in [3.8, 4) is 0 Å². The summed E-state index contributed by atoms with van der Waals surface area (Å²) in [5, 5.41) is 9.37. The van der Waals surface area contributed by atoms with Crippen molar-refractivity contribution >= 4 is 17.3 Å². The number of carboxylic acids is 1. The van der Waals surface area contributed by atoms with Gasteiger partial charge >= 0.3 is 5.97 Å². The first-order valence-corrected chi connectivity index (χ1v) is 7.05. The van der Waals surface area contributed by atoms with E-state index in [1.54, 1.807) is 11.3 Å². The van der Waals surface area contributed by atoms with Crippen molar-refractivity contribution in [3.63, 3.8) is 0 Å². The number of rotatable bonds is 2. The molecule has 0 aromatic carbocycles. The number of carboxylic acid groups (broad SMARTS) is 1. The Kier molecular flexibility index (Phi) is 3.12. The van der Waals surface area contributed by atoms with E-state index in [4.69, 9.17) is 0 Å². The number of nitrogens with zero attached hydrogens (tertiary/aromatic N) is 3. The fourth-order valence-corrected chi connectivity index (χ4v) is 2.99. The third kappa shape index (κ3) is 2.03. The van der Waals surface area contributed by atoms with Crippen LogP contribution in [0.4, 0.5) is 5.69 Å². The van der Waals surface area contributed by atoms with E-state index in [0.717, 1.165) is 30.0 Å². The van der Waals surface area contributed by atoms with Crippen molar-refractivity contribution in [2.24, 2.45) is 0 Å². The average Bonchev–Trinajstić information content (AvgIpc) is 2.76. The summed E-state index contributed by atoms with van der Waals surface area (Å²) in [6.07, 6.45) is 5.59. The summed E-state index contributed by atoms with van der Waals surface area (Å²) < 4.78 is 1.72. The molecule has 0 saturated carbocycles. The second-order valence-electron chi connectivity index (χ2n) is 5.47. The predicted molar refractivity (Wildman–Crippen MR) is 77.7 cm³/mol. The molecule has 5 heteroatoms. The Morgan fingerprint density at radius 1 is 1.25 bits per heavy atom. The maximum atomic E-state index is 11.4. The van der Waals surface area contributed by atoms with Crippen LogP contribution in [0.5, 0.6) is 0 Å². The van der Waals surface area contributed by atoms with E-state index in [9.17, 15) is 9.90 Å². The average molecular weight is 273 g/mol. The third-order valence-corrected chi connectivity index (χ3v) is 3.99. The molecule has 20 heavy (non-hydrogen) atoms. The molecule has 2 aromatic heterocycles. The molecule has 1 N–H and O–H groups in total. The Bertz CT molecular complexity index is 669. The van der Waals surface area contributed by atoms with Crippen LogP contribution >= 0.6 is 0 Å². The summed E-state index contributed by atoms with van der Waals surface area (Å²) in [7, 11) is 0. The molecule has 0 atom stereocenters. The highest BCUT2D eigenvalue weighted by atomic mass is 16.4. The van der Waals surface area contributed by atoms with Crippen LogP contribution in [0.15, 0.2) is 12.3 Å². The molecule has 5 nitrogen and oxygen atoms in total. The van der Waals surface area contributed by atoms with Crippen molar-refractivity contribution in [2.75, 3.05) is 18.0 Å². The predicted octanol–water partition coefficient (Wildman–Crippen LogP) is 2.64. The van der Waals surface area contributed by atoms with Gasteiger partial charge in [-0.3, -0.25) is 4.40 Å². The monoisotopic (exact) mass is 273 g/mol. The first-order chi connectivity index (χ1) is 9.58. The van der Waals surface area contributed by atoms with Crippen molar-refractivity contribution in [3.05, 3.63) is 29.2 Å². The summed E-state index contributed by atoms with van der Waals surface area (Å²) in [6, 6.07) is 2.11. The van der Waals surface area contributed by atoms with Crippen LogP contribution in [-0.2, 0) is 0 Å². The summed E-state index contributed by atoms with van der Waals surface area (Å²) in [5.74, 6) is -0.926. The van der Waals surface area contributed by atoms with Crippen LogP contribution in [-0.4, -0.2) is 33.6 Å². The van der Waals surface area contributed by atoms with E-state index in [0.29, 0.717) is 5.69 Å². The molecule has 1 fully saturated rings. The molecule has 0 aliphatic carbocycles. The number of aromatic nitrogens is 2. The Morgan fingerprint density at radius 3 is 2.60 bits per heavy atom. The highest BCUT2D eigenvalue weighted by Crippen LogP contribution is 2.25. The standard InChI is InChI=1S/C15H19N3O2/c1-10-8-12(17-6-4-3-5-7-17)9-18-13(15(19)20)11(2)16-14(10)18/h8-9H,3-7H2,1-2H3,(H,19,20). The number of anilines is 1. The molecule has 0 amide bonds. The van der Waals surface area contributed by atoms with E-state index < -0.39 is 5.97 Å². The topological polar surface area (TPSA) is 57.8 Å². The van der Waals surface area contributed by atoms with Gasteiger partial charge in [0.05, 0.1) is 11.4 Å². The van der Waals surface area contributed by atoms with Gasteiger partial charge < -0.3 is 10.0 Å². The van der Waals surface area contributed by atoms with Crippen molar-refractivity contribution in [1.82, 2.24) is 9.38 Å². The van der Waals surface area contributed by atoms with Gasteiger partial charge in [-0.2, -0.15) is 0 Å². The summed E-state index contributed by atoms with van der Waals surface area (Å²) in [6.45, 7) is 5.82. The van der Waals surface area contributed by atoms with Gasteiger partial charge in [0.15, 0.2) is 5.69 Å². The molecular weight excluding hydrogens is 254 g/mol. The molecule has 0 unspecified atom stereocenters. The molecule has 1 aliphatic heterocycles. The lowest BCUT2D eigenvalue weighted by atomic mass is 10.1. The lowest BCUT2D eigenvalue weighted by molar-refractivity contribution is 0.0688. The van der Waals surface area contributed by atoms with Gasteiger partial charge in [-0.05, 0) is 44.7 Å². The Hall–Kier alpha value is -2.04. The van der Waals surface area contributed by atoms with Gasteiger partial charge in [0.1, 0.15) is 5.65 Å². The van der Waals surface area contributed by atoms with Gasteiger partial charge in [-0.1, -0.05) is 0 Å². The number of hydrogen-bond acceptors (Lipinski definition) is 3. The minimum Gasteiger partial charge on any atom is -0.477 e. The molecular formula is C15H19N3O2. The molecule has 0 spiro atoms. The van der Waals surface area contributed by atoms with E-state index in [2.05, 4.69) is 16.0 Å². The fraction of sp³-hybridized carbons (Fsp3) is 0.467. The van der Waals surface area contributed by atoms with E-state index in [1.165, 1.54) is 19.3 Å². The van der Waals surface area contributed by atoms with Gasteiger partial charge in [0.25, 0.3) is 0 Å². The number of fused-ring (bicyclic) bond motifs is 1. The van der Waals surface area contributed by atoms with Crippen LogP contribution in [0.2, 0.25) is 0 Å². The Balaban J connectivity index is 2.16. The van der Waals surface area contributed by atoms with E-state index in [1.807, 2.05) is 13.1 Å². The maximum Gasteiger partial charge on any atom is 0.354 e. The fourth-order valence-electron chi connectivity index (χ4n) is 2.99. The van der Waals surface area contributed by atoms with Gasteiger partial charge in [0.2, 0.25) is 0 Å². The second kappa shape index (κ2) is 4.81. The Labute approximate surface area is 117 Å². The first-order valence-electron chi connectivity index (χ1n) is 7.05. The summed E-state index contributed by atoms with van der Waals surface area (Å²) >= 11 is 0. The molecule has 0 bridgehead atoms. The van der Waals surface area contributed by atoms with E-state index >= 15 is 0 Å². The normalized spacial score (nSPS) is 15.8. The molecule has 3 rings (SSSR count). The van der Waals surface area contributed by atoms with Gasteiger partial charge in [0, 0.05) is 19.3 Å². The molecule has 1 saturated heterocycles. The van der Waals surface area contributed by atoms with Crippen molar-refractivity contribution in [1.29, 1.82) is 0 Å². The van der Waals surface area contributed by atoms with Gasteiger partial charge in [-0.25, -0.2) is 9.78 Å². The molecule has 1 aliphatic rings. The van der Waals surface area contributed by atoms with Crippen LogP contribution in [0.1, 0.15) is 41.0 Å². The molecule has 106 valence electrons. The number of carbonyl (C=O) groups is 1. The smallest absolute Gasteiger partial charge is 0.354 e. The number of pyridine rings is 1. The zero-order valence-electron chi connectivity index (χ0n) is 11.9.